The smallest absolute Gasteiger partial charge is 0.0934 e. The molecule has 3 heteroatoms. The molecule has 0 atom stereocenters. The first-order valence-electron chi connectivity index (χ1n) is 4.26. The van der Waals surface area contributed by atoms with Crippen molar-refractivity contribution in [3.8, 4) is 11.3 Å². The number of H-pyrrole nitrogens is 1. The highest BCUT2D eigenvalue weighted by Crippen LogP contribution is 2.29. The summed E-state index contributed by atoms with van der Waals surface area (Å²) in [7, 11) is 0. The molecular formula is C10H12N2S. The first kappa shape index (κ1) is 8.51. The zero-order valence-electron chi connectivity index (χ0n) is 8.01. The van der Waals surface area contributed by atoms with E-state index in [1.54, 1.807) is 0 Å². The number of nitrogens with zero attached hydrogens (tertiary/aromatic N) is 1. The standard InChI is InChI=1S/C10H12N2S/c1-6-4-10(12-11-6)9-5-7(2)13-8(9)3/h4-5H,1-3H3,(H,11,12). The van der Waals surface area contributed by atoms with Crippen LogP contribution in [0.4, 0.5) is 0 Å². The van der Waals surface area contributed by atoms with Crippen LogP contribution in [0.1, 0.15) is 15.4 Å². The zero-order valence-corrected chi connectivity index (χ0v) is 8.83. The monoisotopic (exact) mass is 192 g/mol. The summed E-state index contributed by atoms with van der Waals surface area (Å²) < 4.78 is 0. The molecule has 0 saturated heterocycles. The molecule has 68 valence electrons. The Kier molecular flexibility index (Phi) is 1.96. The second-order valence-corrected chi connectivity index (χ2v) is 4.72. The maximum absolute atomic E-state index is 4.24. The van der Waals surface area contributed by atoms with E-state index in [4.69, 9.17) is 0 Å². The Hall–Kier alpha value is -1.09. The van der Waals surface area contributed by atoms with E-state index in [-0.39, 0.29) is 0 Å². The van der Waals surface area contributed by atoms with Crippen LogP contribution in [0.3, 0.4) is 0 Å². The van der Waals surface area contributed by atoms with Gasteiger partial charge in [0.25, 0.3) is 0 Å². The lowest BCUT2D eigenvalue weighted by Gasteiger charge is -1.90. The van der Waals surface area contributed by atoms with Crippen molar-refractivity contribution < 1.29 is 0 Å². The zero-order chi connectivity index (χ0) is 9.42. The molecule has 0 aliphatic heterocycles. The van der Waals surface area contributed by atoms with Crippen molar-refractivity contribution in [3.63, 3.8) is 0 Å². The van der Waals surface area contributed by atoms with Gasteiger partial charge in [0.05, 0.1) is 5.69 Å². The lowest BCUT2D eigenvalue weighted by atomic mass is 10.2. The number of nitrogens with one attached hydrogen (secondary N) is 1. The van der Waals surface area contributed by atoms with Crippen LogP contribution >= 0.6 is 11.3 Å². The van der Waals surface area contributed by atoms with Gasteiger partial charge in [0.2, 0.25) is 0 Å². The Morgan fingerprint density at radius 2 is 2.00 bits per heavy atom. The van der Waals surface area contributed by atoms with Crippen molar-refractivity contribution in [2.45, 2.75) is 20.8 Å². The van der Waals surface area contributed by atoms with Gasteiger partial charge in [-0.05, 0) is 32.9 Å². The molecule has 0 aliphatic carbocycles. The Bertz CT molecular complexity index is 426. The number of thiophene rings is 1. The lowest BCUT2D eigenvalue weighted by molar-refractivity contribution is 1.05. The minimum atomic E-state index is 1.05. The fraction of sp³-hybridized carbons (Fsp3) is 0.300. The Morgan fingerprint density at radius 1 is 1.23 bits per heavy atom. The molecule has 0 bridgehead atoms. The Morgan fingerprint density at radius 3 is 2.46 bits per heavy atom. The van der Waals surface area contributed by atoms with E-state index in [2.05, 4.69) is 36.2 Å². The van der Waals surface area contributed by atoms with E-state index >= 15 is 0 Å². The van der Waals surface area contributed by atoms with Crippen LogP contribution in [0.5, 0.6) is 0 Å². The van der Waals surface area contributed by atoms with Crippen LogP contribution in [-0.4, -0.2) is 10.2 Å². The molecule has 13 heavy (non-hydrogen) atoms. The molecule has 2 heterocycles. The summed E-state index contributed by atoms with van der Waals surface area (Å²) in [6, 6.07) is 4.27. The molecule has 2 aromatic rings. The molecule has 2 aromatic heterocycles. The fourth-order valence-electron chi connectivity index (χ4n) is 1.44. The number of aryl methyl sites for hydroxylation is 3. The highest BCUT2D eigenvalue weighted by atomic mass is 32.1. The van der Waals surface area contributed by atoms with Crippen LogP contribution in [0.2, 0.25) is 0 Å². The van der Waals surface area contributed by atoms with Gasteiger partial charge in [0.1, 0.15) is 0 Å². The molecule has 0 fully saturated rings. The quantitative estimate of drug-likeness (QED) is 0.739. The van der Waals surface area contributed by atoms with Crippen molar-refractivity contribution >= 4 is 11.3 Å². The van der Waals surface area contributed by atoms with Crippen LogP contribution in [-0.2, 0) is 0 Å². The number of aromatic amines is 1. The van der Waals surface area contributed by atoms with Crippen molar-refractivity contribution in [1.29, 1.82) is 0 Å². The largest absolute Gasteiger partial charge is 0.282 e. The molecule has 0 radical (unpaired) electrons. The van der Waals surface area contributed by atoms with Gasteiger partial charge >= 0.3 is 0 Å². The third kappa shape index (κ3) is 1.52. The van der Waals surface area contributed by atoms with E-state index in [1.165, 1.54) is 15.3 Å². The number of hydrogen-bond donors (Lipinski definition) is 1. The maximum Gasteiger partial charge on any atom is 0.0934 e. The summed E-state index contributed by atoms with van der Waals surface area (Å²) in [5.74, 6) is 0. The molecule has 0 aromatic carbocycles. The molecule has 0 amide bonds. The number of aromatic nitrogens is 2. The minimum absolute atomic E-state index is 1.05. The summed E-state index contributed by atoms with van der Waals surface area (Å²) in [4.78, 5) is 2.68. The molecule has 0 spiro atoms. The minimum Gasteiger partial charge on any atom is -0.282 e. The molecule has 0 aliphatic rings. The SMILES string of the molecule is Cc1cc(-c2cc(C)sc2C)n[nH]1. The van der Waals surface area contributed by atoms with Crippen molar-refractivity contribution in [1.82, 2.24) is 10.2 Å². The number of hydrogen-bond acceptors (Lipinski definition) is 2. The maximum atomic E-state index is 4.24. The third-order valence-electron chi connectivity index (χ3n) is 2.02. The highest BCUT2D eigenvalue weighted by Gasteiger charge is 2.07. The van der Waals surface area contributed by atoms with Crippen molar-refractivity contribution in [2.75, 3.05) is 0 Å². The van der Waals surface area contributed by atoms with Gasteiger partial charge in [-0.3, -0.25) is 5.10 Å². The molecule has 1 N–H and O–H groups in total. The van der Waals surface area contributed by atoms with Crippen molar-refractivity contribution in [2.24, 2.45) is 0 Å². The van der Waals surface area contributed by atoms with Gasteiger partial charge in [-0.15, -0.1) is 11.3 Å². The second-order valence-electron chi connectivity index (χ2n) is 3.26. The summed E-state index contributed by atoms with van der Waals surface area (Å²) in [6.07, 6.45) is 0. The second kappa shape index (κ2) is 3.00. The fourth-order valence-corrected chi connectivity index (χ4v) is 2.37. The molecule has 0 saturated carbocycles. The van der Waals surface area contributed by atoms with E-state index in [0.29, 0.717) is 0 Å². The van der Waals surface area contributed by atoms with Crippen LogP contribution < -0.4 is 0 Å². The summed E-state index contributed by atoms with van der Waals surface area (Å²) in [5, 5.41) is 7.20. The van der Waals surface area contributed by atoms with Crippen LogP contribution in [0, 0.1) is 20.8 Å². The molecule has 2 rings (SSSR count). The Balaban J connectivity index is 2.51. The summed E-state index contributed by atoms with van der Waals surface area (Å²) in [5.41, 5.74) is 3.42. The average Bonchev–Trinajstić information content (AvgIpc) is 2.58. The summed E-state index contributed by atoms with van der Waals surface area (Å²) >= 11 is 1.82. The van der Waals surface area contributed by atoms with E-state index in [1.807, 2.05) is 18.3 Å². The van der Waals surface area contributed by atoms with Gasteiger partial charge in [0.15, 0.2) is 0 Å². The van der Waals surface area contributed by atoms with Crippen molar-refractivity contribution in [3.05, 3.63) is 27.6 Å². The first-order chi connectivity index (χ1) is 6.16. The van der Waals surface area contributed by atoms with E-state index in [9.17, 15) is 0 Å². The predicted molar refractivity (Wildman–Crippen MR) is 56.1 cm³/mol. The van der Waals surface area contributed by atoms with Gasteiger partial charge in [-0.2, -0.15) is 5.10 Å². The highest BCUT2D eigenvalue weighted by molar-refractivity contribution is 7.12. The van der Waals surface area contributed by atoms with Gasteiger partial charge < -0.3 is 0 Å². The first-order valence-corrected chi connectivity index (χ1v) is 5.08. The molecular weight excluding hydrogens is 180 g/mol. The average molecular weight is 192 g/mol. The summed E-state index contributed by atoms with van der Waals surface area (Å²) in [6.45, 7) is 6.28. The Labute approximate surface area is 81.6 Å². The molecule has 0 unspecified atom stereocenters. The van der Waals surface area contributed by atoms with Gasteiger partial charge in [-0.25, -0.2) is 0 Å². The molecule has 2 nitrogen and oxygen atoms in total. The number of rotatable bonds is 1. The van der Waals surface area contributed by atoms with Gasteiger partial charge in [0, 0.05) is 21.0 Å². The van der Waals surface area contributed by atoms with E-state index in [0.717, 1.165) is 11.4 Å². The predicted octanol–water partition coefficient (Wildman–Crippen LogP) is 3.06. The topological polar surface area (TPSA) is 28.7 Å². The van der Waals surface area contributed by atoms with E-state index < -0.39 is 0 Å². The van der Waals surface area contributed by atoms with Crippen LogP contribution in [0.15, 0.2) is 12.1 Å². The van der Waals surface area contributed by atoms with Gasteiger partial charge in [-0.1, -0.05) is 0 Å². The van der Waals surface area contributed by atoms with Crippen LogP contribution in [0.25, 0.3) is 11.3 Å². The lowest BCUT2D eigenvalue weighted by Crippen LogP contribution is -1.75. The normalized spacial score (nSPS) is 10.7. The third-order valence-corrected chi connectivity index (χ3v) is 2.99.